The maximum atomic E-state index is 2.52. The maximum Gasteiger partial charge on any atom is 0.0726 e. The van der Waals surface area contributed by atoms with Crippen LogP contribution in [0.1, 0.15) is 22.3 Å². The highest BCUT2D eigenvalue weighted by Crippen LogP contribution is 2.63. The van der Waals surface area contributed by atoms with Gasteiger partial charge in [-0.2, -0.15) is 0 Å². The summed E-state index contributed by atoms with van der Waals surface area (Å²) >= 11 is 0. The number of nitrogens with zero attached hydrogens (tertiary/aromatic N) is 2. The van der Waals surface area contributed by atoms with E-state index < -0.39 is 5.41 Å². The van der Waals surface area contributed by atoms with E-state index in [0.29, 0.717) is 0 Å². The summed E-state index contributed by atoms with van der Waals surface area (Å²) in [7, 11) is 0. The molecule has 0 amide bonds. The summed E-state index contributed by atoms with van der Waals surface area (Å²) in [5.41, 5.74) is 21.0. The second kappa shape index (κ2) is 12.2. The van der Waals surface area contributed by atoms with E-state index in [-0.39, 0.29) is 0 Å². The minimum absolute atomic E-state index is 0.410. The van der Waals surface area contributed by atoms with Crippen LogP contribution in [0.15, 0.2) is 219 Å². The molecule has 0 fully saturated rings. The maximum absolute atomic E-state index is 2.52. The number of hydrogen-bond donors (Lipinski definition) is 0. The zero-order chi connectivity index (χ0) is 38.7. The van der Waals surface area contributed by atoms with Crippen LogP contribution in [-0.4, -0.2) is 9.13 Å². The number of fused-ring (bicyclic) bond motifs is 15. The molecular formula is C57H36N2. The Labute approximate surface area is 342 Å². The molecule has 0 saturated carbocycles. The van der Waals surface area contributed by atoms with E-state index in [4.69, 9.17) is 0 Å². The average Bonchev–Trinajstić information content (AvgIpc) is 4.05. The number of aromatic nitrogens is 2. The lowest BCUT2D eigenvalue weighted by molar-refractivity contribution is 0.792. The molecule has 1 spiro atoms. The van der Waals surface area contributed by atoms with Crippen molar-refractivity contribution in [3.05, 3.63) is 241 Å². The Morgan fingerprint density at radius 2 is 0.847 bits per heavy atom. The number of benzene rings is 9. The molecule has 2 aliphatic rings. The standard InChI is InChI=1S/C57H36N2/c1-3-15-37(16-4-1)39-33-40(38-17-5-2-6-18-38)35-42(34-39)58-32-31-49-54(58)30-29-48-47-22-10-14-26-55(47)59(56(48)49)41-27-28-46-45-21-9-13-25-52(45)57(53(46)36-41)50-23-11-7-19-43(50)44-20-8-12-24-51(44)57/h1-36H. The molecule has 0 bridgehead atoms. The van der Waals surface area contributed by atoms with Crippen molar-refractivity contribution in [1.82, 2.24) is 9.13 Å². The fraction of sp³-hybridized carbons (Fsp3) is 0.0175. The first-order valence-electron chi connectivity index (χ1n) is 20.5. The third-order valence-electron chi connectivity index (χ3n) is 13.2. The van der Waals surface area contributed by atoms with Gasteiger partial charge in [0.2, 0.25) is 0 Å². The van der Waals surface area contributed by atoms with Gasteiger partial charge in [-0.3, -0.25) is 0 Å². The Balaban J connectivity index is 1.07. The summed E-state index contributed by atoms with van der Waals surface area (Å²) in [6.45, 7) is 0. The predicted octanol–water partition coefficient (Wildman–Crippen LogP) is 14.4. The van der Waals surface area contributed by atoms with Gasteiger partial charge in [0.15, 0.2) is 0 Å². The molecule has 0 aliphatic heterocycles. The van der Waals surface area contributed by atoms with Gasteiger partial charge in [-0.15, -0.1) is 0 Å². The van der Waals surface area contributed by atoms with E-state index in [0.717, 1.165) is 5.69 Å². The van der Waals surface area contributed by atoms with Crippen LogP contribution in [0.3, 0.4) is 0 Å². The van der Waals surface area contributed by atoms with Gasteiger partial charge in [0, 0.05) is 33.7 Å². The Morgan fingerprint density at radius 3 is 1.47 bits per heavy atom. The molecule has 11 aromatic rings. The van der Waals surface area contributed by atoms with Crippen LogP contribution in [0, 0.1) is 0 Å². The van der Waals surface area contributed by atoms with Crippen LogP contribution in [0.25, 0.3) is 88.6 Å². The van der Waals surface area contributed by atoms with E-state index in [2.05, 4.69) is 228 Å². The fourth-order valence-corrected chi connectivity index (χ4v) is 10.7. The van der Waals surface area contributed by atoms with Crippen molar-refractivity contribution in [2.24, 2.45) is 0 Å². The lowest BCUT2D eigenvalue weighted by atomic mass is 9.70. The number of para-hydroxylation sites is 1. The van der Waals surface area contributed by atoms with Crippen LogP contribution in [-0.2, 0) is 5.41 Å². The molecule has 13 rings (SSSR count). The first kappa shape index (κ1) is 32.4. The normalized spacial score (nSPS) is 13.2. The lowest BCUT2D eigenvalue weighted by Gasteiger charge is -2.30. The molecule has 0 N–H and O–H groups in total. The highest BCUT2D eigenvalue weighted by molar-refractivity contribution is 6.18. The van der Waals surface area contributed by atoms with Crippen LogP contribution in [0.2, 0.25) is 0 Å². The van der Waals surface area contributed by atoms with Crippen molar-refractivity contribution >= 4 is 32.7 Å². The summed E-state index contributed by atoms with van der Waals surface area (Å²) in [6, 6.07) is 78.7. The van der Waals surface area contributed by atoms with Gasteiger partial charge in [-0.05, 0) is 115 Å². The molecule has 2 heteroatoms. The highest BCUT2D eigenvalue weighted by atomic mass is 15.0. The van der Waals surface area contributed by atoms with E-state index in [1.807, 2.05) is 0 Å². The SMILES string of the molecule is c1ccc(-c2cc(-c3ccccc3)cc(-n3ccc4c3ccc3c5ccccc5n(-c5ccc6c(c5)C5(c7ccccc7-c7ccccc75)c5ccccc5-6)c34)c2)cc1. The lowest BCUT2D eigenvalue weighted by Crippen LogP contribution is -2.26. The largest absolute Gasteiger partial charge is 0.316 e. The molecule has 9 aromatic carbocycles. The first-order chi connectivity index (χ1) is 29.3. The number of rotatable bonds is 4. The van der Waals surface area contributed by atoms with Gasteiger partial charge in [-0.1, -0.05) is 164 Å². The van der Waals surface area contributed by atoms with Crippen LogP contribution < -0.4 is 0 Å². The van der Waals surface area contributed by atoms with E-state index in [1.54, 1.807) is 0 Å². The minimum Gasteiger partial charge on any atom is -0.316 e. The minimum atomic E-state index is -0.410. The highest BCUT2D eigenvalue weighted by Gasteiger charge is 2.51. The van der Waals surface area contributed by atoms with Gasteiger partial charge in [-0.25, -0.2) is 0 Å². The second-order valence-electron chi connectivity index (χ2n) is 16.1. The van der Waals surface area contributed by atoms with E-state index in [1.165, 1.54) is 105 Å². The molecule has 0 atom stereocenters. The van der Waals surface area contributed by atoms with Gasteiger partial charge < -0.3 is 9.13 Å². The van der Waals surface area contributed by atoms with Crippen LogP contribution in [0.4, 0.5) is 0 Å². The second-order valence-corrected chi connectivity index (χ2v) is 16.1. The van der Waals surface area contributed by atoms with Gasteiger partial charge in [0.05, 0.1) is 22.0 Å². The van der Waals surface area contributed by atoms with Gasteiger partial charge in [0.25, 0.3) is 0 Å². The van der Waals surface area contributed by atoms with Crippen molar-refractivity contribution in [3.8, 4) is 55.9 Å². The van der Waals surface area contributed by atoms with Gasteiger partial charge in [0.1, 0.15) is 0 Å². The van der Waals surface area contributed by atoms with Gasteiger partial charge >= 0.3 is 0 Å². The molecule has 59 heavy (non-hydrogen) atoms. The molecule has 2 aromatic heterocycles. The van der Waals surface area contributed by atoms with Crippen molar-refractivity contribution in [3.63, 3.8) is 0 Å². The quantitative estimate of drug-likeness (QED) is 0.170. The van der Waals surface area contributed by atoms with Crippen LogP contribution >= 0.6 is 0 Å². The third-order valence-corrected chi connectivity index (χ3v) is 13.2. The summed E-state index contributed by atoms with van der Waals surface area (Å²) in [5.74, 6) is 0. The monoisotopic (exact) mass is 748 g/mol. The summed E-state index contributed by atoms with van der Waals surface area (Å²) < 4.78 is 4.90. The van der Waals surface area contributed by atoms with Crippen molar-refractivity contribution in [2.75, 3.05) is 0 Å². The molecule has 0 saturated heterocycles. The average molecular weight is 749 g/mol. The predicted molar refractivity (Wildman–Crippen MR) is 245 cm³/mol. The topological polar surface area (TPSA) is 9.86 Å². The van der Waals surface area contributed by atoms with Crippen molar-refractivity contribution in [1.29, 1.82) is 0 Å². The van der Waals surface area contributed by atoms with Crippen molar-refractivity contribution in [2.45, 2.75) is 5.41 Å². The number of hydrogen-bond acceptors (Lipinski definition) is 0. The molecule has 2 heterocycles. The Bertz CT molecular complexity index is 3370. The van der Waals surface area contributed by atoms with E-state index in [9.17, 15) is 0 Å². The molecular weight excluding hydrogens is 713 g/mol. The molecule has 274 valence electrons. The summed E-state index contributed by atoms with van der Waals surface area (Å²) in [5, 5.41) is 3.73. The van der Waals surface area contributed by atoms with E-state index >= 15 is 0 Å². The molecule has 2 aliphatic carbocycles. The van der Waals surface area contributed by atoms with Crippen LogP contribution in [0.5, 0.6) is 0 Å². The Morgan fingerprint density at radius 1 is 0.305 bits per heavy atom. The van der Waals surface area contributed by atoms with Crippen molar-refractivity contribution < 1.29 is 0 Å². The third kappa shape index (κ3) is 4.40. The Hall–Kier alpha value is -7.68. The zero-order valence-corrected chi connectivity index (χ0v) is 32.2. The summed E-state index contributed by atoms with van der Waals surface area (Å²) in [4.78, 5) is 0. The zero-order valence-electron chi connectivity index (χ0n) is 32.2. The smallest absolute Gasteiger partial charge is 0.0726 e. The molecule has 0 radical (unpaired) electrons. The Kier molecular flexibility index (Phi) is 6.68. The fourth-order valence-electron chi connectivity index (χ4n) is 10.7. The molecule has 0 unspecified atom stereocenters. The molecule has 2 nitrogen and oxygen atoms in total. The first-order valence-corrected chi connectivity index (χ1v) is 20.5. The summed E-state index contributed by atoms with van der Waals surface area (Å²) in [6.07, 6.45) is 2.26.